The van der Waals surface area contributed by atoms with Crippen molar-refractivity contribution in [2.24, 2.45) is 5.92 Å². The first-order chi connectivity index (χ1) is 8.74. The van der Waals surface area contributed by atoms with Gasteiger partial charge in [0.25, 0.3) is 11.8 Å². The highest BCUT2D eigenvalue weighted by Crippen LogP contribution is 2.23. The smallest absolute Gasteiger partial charge is 0.258 e. The molecule has 1 fully saturated rings. The molecule has 1 aliphatic heterocycles. The topological polar surface area (TPSA) is 49.4 Å². The summed E-state index contributed by atoms with van der Waals surface area (Å²) >= 11 is 0. The fourth-order valence-electron chi connectivity index (χ4n) is 2.13. The Morgan fingerprint density at radius 1 is 1.17 bits per heavy atom. The molecule has 1 aliphatic rings. The molecule has 1 N–H and O–H groups in total. The molecule has 0 aromatic heterocycles. The van der Waals surface area contributed by atoms with E-state index in [1.54, 1.807) is 0 Å². The number of hydrogen-bond donors (Lipinski definition) is 1. The van der Waals surface area contributed by atoms with Gasteiger partial charge in [-0.25, -0.2) is 5.01 Å². The first-order valence-electron chi connectivity index (χ1n) is 6.43. The fourth-order valence-corrected chi connectivity index (χ4v) is 2.13. The van der Waals surface area contributed by atoms with Gasteiger partial charge < -0.3 is 0 Å². The Labute approximate surface area is 107 Å². The minimum atomic E-state index is -0.517. The van der Waals surface area contributed by atoms with Gasteiger partial charge in [-0.2, -0.15) is 0 Å². The fraction of sp³-hybridized carbons (Fsp3) is 0.429. The first kappa shape index (κ1) is 12.6. The predicted octanol–water partition coefficient (Wildman–Crippen LogP) is 2.26. The Balaban J connectivity index is 2.05. The molecular formula is C14H18N2O2. The second kappa shape index (κ2) is 5.67. The van der Waals surface area contributed by atoms with Crippen molar-refractivity contribution in [2.45, 2.75) is 32.6 Å². The molecule has 2 amide bonds. The lowest BCUT2D eigenvalue weighted by atomic mass is 10.0. The number of amides is 2. The largest absolute Gasteiger partial charge is 0.272 e. The summed E-state index contributed by atoms with van der Waals surface area (Å²) < 4.78 is 0. The summed E-state index contributed by atoms with van der Waals surface area (Å²) in [6.45, 7) is 2.10. The van der Waals surface area contributed by atoms with E-state index in [0.29, 0.717) is 12.1 Å². The maximum absolute atomic E-state index is 12.2. The molecule has 2 rings (SSSR count). The third-order valence-corrected chi connectivity index (χ3v) is 3.17. The highest BCUT2D eigenvalue weighted by molar-refractivity contribution is 6.14. The van der Waals surface area contributed by atoms with Crippen LogP contribution in [0.1, 0.15) is 32.6 Å². The van der Waals surface area contributed by atoms with Gasteiger partial charge in [0.2, 0.25) is 0 Å². The quantitative estimate of drug-likeness (QED) is 0.640. The van der Waals surface area contributed by atoms with Gasteiger partial charge >= 0.3 is 0 Å². The van der Waals surface area contributed by atoms with Gasteiger partial charge in [-0.05, 0) is 18.6 Å². The van der Waals surface area contributed by atoms with Gasteiger partial charge in [-0.3, -0.25) is 15.0 Å². The summed E-state index contributed by atoms with van der Waals surface area (Å²) in [5.41, 5.74) is 3.36. The third kappa shape index (κ3) is 2.53. The van der Waals surface area contributed by atoms with E-state index in [0.717, 1.165) is 19.3 Å². The van der Waals surface area contributed by atoms with Crippen LogP contribution in [0.15, 0.2) is 30.3 Å². The van der Waals surface area contributed by atoms with Gasteiger partial charge in [0.1, 0.15) is 5.92 Å². The number of nitrogens with one attached hydrogen (secondary N) is 1. The van der Waals surface area contributed by atoms with E-state index >= 15 is 0 Å². The van der Waals surface area contributed by atoms with Crippen molar-refractivity contribution in [1.29, 1.82) is 0 Å². The van der Waals surface area contributed by atoms with E-state index in [1.165, 1.54) is 5.01 Å². The van der Waals surface area contributed by atoms with Gasteiger partial charge in [-0.1, -0.05) is 44.4 Å². The van der Waals surface area contributed by atoms with E-state index < -0.39 is 5.92 Å². The molecule has 18 heavy (non-hydrogen) atoms. The van der Waals surface area contributed by atoms with Crippen LogP contribution in [0.25, 0.3) is 0 Å². The van der Waals surface area contributed by atoms with Crippen LogP contribution in [0.4, 0.5) is 5.69 Å². The number of carbonyl (C=O) groups excluding carboxylic acids is 2. The van der Waals surface area contributed by atoms with Crippen LogP contribution >= 0.6 is 0 Å². The molecule has 4 heteroatoms. The highest BCUT2D eigenvalue weighted by Gasteiger charge is 2.39. The minimum absolute atomic E-state index is 0.137. The van der Waals surface area contributed by atoms with E-state index in [9.17, 15) is 9.59 Å². The average Bonchev–Trinajstić information content (AvgIpc) is 2.68. The van der Waals surface area contributed by atoms with Crippen molar-refractivity contribution in [3.05, 3.63) is 30.3 Å². The maximum Gasteiger partial charge on any atom is 0.258 e. The molecule has 4 nitrogen and oxygen atoms in total. The summed E-state index contributed by atoms with van der Waals surface area (Å²) in [4.78, 5) is 23.9. The SMILES string of the molecule is CCCCCC1C(=O)NN(c2ccccc2)C1=O. The normalized spacial score (nSPS) is 19.2. The lowest BCUT2D eigenvalue weighted by Crippen LogP contribution is -2.35. The Bertz CT molecular complexity index is 431. The molecule has 0 spiro atoms. The van der Waals surface area contributed by atoms with E-state index in [4.69, 9.17) is 0 Å². The second-order valence-electron chi connectivity index (χ2n) is 4.53. The number of para-hydroxylation sites is 1. The standard InChI is InChI=1S/C14H18N2O2/c1-2-3-5-10-12-13(17)15-16(14(12)18)11-8-6-4-7-9-11/h4,6-9,12H,2-3,5,10H2,1H3,(H,15,17). The van der Waals surface area contributed by atoms with Crippen LogP contribution in [0.3, 0.4) is 0 Å². The van der Waals surface area contributed by atoms with Gasteiger partial charge in [0.15, 0.2) is 0 Å². The first-order valence-corrected chi connectivity index (χ1v) is 6.43. The summed E-state index contributed by atoms with van der Waals surface area (Å²) in [5, 5.41) is 1.36. The lowest BCUT2D eigenvalue weighted by molar-refractivity contribution is -0.127. The minimum Gasteiger partial charge on any atom is -0.272 e. The maximum atomic E-state index is 12.2. The van der Waals surface area contributed by atoms with Crippen LogP contribution in [0.2, 0.25) is 0 Å². The Morgan fingerprint density at radius 2 is 1.89 bits per heavy atom. The number of unbranched alkanes of at least 4 members (excludes halogenated alkanes) is 2. The molecular weight excluding hydrogens is 228 g/mol. The molecule has 1 saturated heterocycles. The molecule has 96 valence electrons. The number of nitrogens with zero attached hydrogens (tertiary/aromatic N) is 1. The van der Waals surface area contributed by atoms with Crippen molar-refractivity contribution in [2.75, 3.05) is 5.01 Å². The molecule has 1 unspecified atom stereocenters. The van der Waals surface area contributed by atoms with E-state index in [2.05, 4.69) is 12.3 Å². The predicted molar refractivity (Wildman–Crippen MR) is 69.7 cm³/mol. The van der Waals surface area contributed by atoms with Crippen LogP contribution in [0.5, 0.6) is 0 Å². The third-order valence-electron chi connectivity index (χ3n) is 3.17. The molecule has 0 aliphatic carbocycles. The molecule has 0 saturated carbocycles. The average molecular weight is 246 g/mol. The summed E-state index contributed by atoms with van der Waals surface area (Å²) in [5.74, 6) is -0.834. The Hall–Kier alpha value is -1.84. The van der Waals surface area contributed by atoms with Crippen LogP contribution in [-0.4, -0.2) is 11.8 Å². The number of anilines is 1. The number of hydrogen-bond acceptors (Lipinski definition) is 2. The highest BCUT2D eigenvalue weighted by atomic mass is 16.2. The molecule has 0 bridgehead atoms. The zero-order valence-electron chi connectivity index (χ0n) is 10.6. The van der Waals surface area contributed by atoms with Gasteiger partial charge in [0, 0.05) is 0 Å². The van der Waals surface area contributed by atoms with E-state index in [-0.39, 0.29) is 11.8 Å². The zero-order chi connectivity index (χ0) is 13.0. The number of benzene rings is 1. The molecule has 1 aromatic carbocycles. The molecule has 1 aromatic rings. The van der Waals surface area contributed by atoms with Crippen molar-refractivity contribution in [1.82, 2.24) is 5.43 Å². The number of carbonyl (C=O) groups is 2. The Kier molecular flexibility index (Phi) is 3.97. The summed E-state index contributed by atoms with van der Waals surface area (Å²) in [6, 6.07) is 9.20. The van der Waals surface area contributed by atoms with Gasteiger partial charge in [0.05, 0.1) is 5.69 Å². The van der Waals surface area contributed by atoms with Crippen LogP contribution in [-0.2, 0) is 9.59 Å². The second-order valence-corrected chi connectivity index (χ2v) is 4.53. The van der Waals surface area contributed by atoms with Gasteiger partial charge in [-0.15, -0.1) is 0 Å². The monoisotopic (exact) mass is 246 g/mol. The van der Waals surface area contributed by atoms with Crippen molar-refractivity contribution >= 4 is 17.5 Å². The van der Waals surface area contributed by atoms with Crippen molar-refractivity contribution < 1.29 is 9.59 Å². The molecule has 1 atom stereocenters. The zero-order valence-corrected chi connectivity index (χ0v) is 10.6. The molecule has 1 heterocycles. The van der Waals surface area contributed by atoms with Crippen molar-refractivity contribution in [3.8, 4) is 0 Å². The van der Waals surface area contributed by atoms with Crippen LogP contribution < -0.4 is 10.4 Å². The summed E-state index contributed by atoms with van der Waals surface area (Å²) in [6.07, 6.45) is 3.71. The van der Waals surface area contributed by atoms with Crippen LogP contribution in [0, 0.1) is 5.92 Å². The molecule has 0 radical (unpaired) electrons. The Morgan fingerprint density at radius 3 is 2.56 bits per heavy atom. The summed E-state index contributed by atoms with van der Waals surface area (Å²) in [7, 11) is 0. The lowest BCUT2D eigenvalue weighted by Gasteiger charge is -2.15. The van der Waals surface area contributed by atoms with Crippen molar-refractivity contribution in [3.63, 3.8) is 0 Å². The van der Waals surface area contributed by atoms with E-state index in [1.807, 2.05) is 30.3 Å². The number of hydrazine groups is 1. The number of rotatable bonds is 5.